The fourth-order valence-electron chi connectivity index (χ4n) is 4.09. The van der Waals surface area contributed by atoms with Crippen LogP contribution < -0.4 is 25.4 Å². The van der Waals surface area contributed by atoms with Crippen LogP contribution in [0.2, 0.25) is 0 Å². The van der Waals surface area contributed by atoms with E-state index in [2.05, 4.69) is 16.0 Å². The molecule has 1 aliphatic rings. The quantitative estimate of drug-likeness (QED) is 0.160. The Morgan fingerprint density at radius 3 is 2.33 bits per heavy atom. The number of amides is 3. The van der Waals surface area contributed by atoms with Gasteiger partial charge >= 0.3 is 0 Å². The number of hydrogen-bond donors (Lipinski definition) is 3. The summed E-state index contributed by atoms with van der Waals surface area (Å²) in [5.74, 6) is 0.185. The van der Waals surface area contributed by atoms with Crippen LogP contribution in [0.4, 0.5) is 11.4 Å². The van der Waals surface area contributed by atoms with E-state index in [0.29, 0.717) is 28.4 Å². The molecule has 1 atom stereocenters. The molecule has 42 heavy (non-hydrogen) atoms. The van der Waals surface area contributed by atoms with Gasteiger partial charge in [0.25, 0.3) is 11.8 Å². The van der Waals surface area contributed by atoms with E-state index in [1.165, 1.54) is 11.8 Å². The van der Waals surface area contributed by atoms with Crippen molar-refractivity contribution in [2.45, 2.75) is 24.0 Å². The van der Waals surface area contributed by atoms with Crippen LogP contribution in [0.15, 0.2) is 108 Å². The van der Waals surface area contributed by atoms with Crippen molar-refractivity contribution in [3.8, 4) is 11.5 Å². The zero-order valence-electron chi connectivity index (χ0n) is 23.0. The van der Waals surface area contributed by atoms with Crippen LogP contribution in [-0.2, 0) is 9.59 Å². The summed E-state index contributed by atoms with van der Waals surface area (Å²) in [5.41, 5.74) is 3.53. The number of carbonyl (C=O) groups is 3. The standard InChI is InChI=1S/C33H29N3O5S/c1-21-11-13-23(14-12-21)17-28(36-32(38)24-7-4-3-5-8-24)33(39)35-25-9-6-10-27(18-25)42-22(2)31(37)34-26-15-16-29-30(19-26)41-20-40-29/h3-19,22H,20H2,1-2H3,(H,34,37)(H,35,39)(H,36,38)/b28-17-. The number of hydrogen-bond acceptors (Lipinski definition) is 6. The number of rotatable bonds is 9. The number of carbonyl (C=O) groups excluding carboxylic acids is 3. The minimum atomic E-state index is -0.476. The molecule has 3 N–H and O–H groups in total. The summed E-state index contributed by atoms with van der Waals surface area (Å²) >= 11 is 1.35. The summed E-state index contributed by atoms with van der Waals surface area (Å²) < 4.78 is 10.7. The number of nitrogens with one attached hydrogen (secondary N) is 3. The number of thioether (sulfide) groups is 1. The van der Waals surface area contributed by atoms with Gasteiger partial charge in [-0.1, -0.05) is 54.1 Å². The Morgan fingerprint density at radius 2 is 1.55 bits per heavy atom. The van der Waals surface area contributed by atoms with Crippen molar-refractivity contribution in [1.29, 1.82) is 0 Å². The van der Waals surface area contributed by atoms with Crippen molar-refractivity contribution in [3.63, 3.8) is 0 Å². The second kappa shape index (κ2) is 13.1. The molecular weight excluding hydrogens is 550 g/mol. The first-order chi connectivity index (χ1) is 20.3. The molecule has 4 aromatic rings. The molecule has 4 aromatic carbocycles. The first-order valence-corrected chi connectivity index (χ1v) is 14.2. The molecule has 9 heteroatoms. The minimum Gasteiger partial charge on any atom is -0.454 e. The second-order valence-electron chi connectivity index (χ2n) is 9.59. The van der Waals surface area contributed by atoms with Crippen molar-refractivity contribution < 1.29 is 23.9 Å². The number of aryl methyl sites for hydroxylation is 1. The lowest BCUT2D eigenvalue weighted by Crippen LogP contribution is -2.30. The Bertz CT molecular complexity index is 1640. The highest BCUT2D eigenvalue weighted by molar-refractivity contribution is 8.00. The number of anilines is 2. The molecule has 0 spiro atoms. The Labute approximate surface area is 248 Å². The van der Waals surface area contributed by atoms with Crippen LogP contribution >= 0.6 is 11.8 Å². The van der Waals surface area contributed by atoms with Gasteiger partial charge in [0.05, 0.1) is 5.25 Å². The molecule has 0 aromatic heterocycles. The van der Waals surface area contributed by atoms with Crippen molar-refractivity contribution in [3.05, 3.63) is 119 Å². The van der Waals surface area contributed by atoms with Crippen molar-refractivity contribution in [1.82, 2.24) is 5.32 Å². The van der Waals surface area contributed by atoms with Gasteiger partial charge in [-0.2, -0.15) is 0 Å². The van der Waals surface area contributed by atoms with Crippen LogP contribution in [0, 0.1) is 6.92 Å². The monoisotopic (exact) mass is 579 g/mol. The molecule has 0 bridgehead atoms. The summed E-state index contributed by atoms with van der Waals surface area (Å²) in [6, 6.07) is 28.8. The Balaban J connectivity index is 1.27. The molecule has 0 aliphatic carbocycles. The smallest absolute Gasteiger partial charge is 0.272 e. The topological polar surface area (TPSA) is 106 Å². The van der Waals surface area contributed by atoms with E-state index >= 15 is 0 Å². The van der Waals surface area contributed by atoms with Gasteiger partial charge in [-0.25, -0.2) is 0 Å². The van der Waals surface area contributed by atoms with Gasteiger partial charge in [-0.15, -0.1) is 11.8 Å². The number of benzene rings is 4. The zero-order chi connectivity index (χ0) is 29.5. The third kappa shape index (κ3) is 7.38. The highest BCUT2D eigenvalue weighted by Gasteiger charge is 2.19. The molecule has 1 unspecified atom stereocenters. The third-order valence-electron chi connectivity index (χ3n) is 6.33. The molecule has 0 fully saturated rings. The Morgan fingerprint density at radius 1 is 0.810 bits per heavy atom. The van der Waals surface area contributed by atoms with Gasteiger partial charge in [0.1, 0.15) is 5.70 Å². The predicted molar refractivity (Wildman–Crippen MR) is 165 cm³/mol. The average Bonchev–Trinajstić information content (AvgIpc) is 3.46. The van der Waals surface area contributed by atoms with E-state index in [4.69, 9.17) is 9.47 Å². The van der Waals surface area contributed by atoms with Crippen LogP contribution in [0.3, 0.4) is 0 Å². The van der Waals surface area contributed by atoms with Gasteiger partial charge in [0.2, 0.25) is 12.7 Å². The maximum atomic E-state index is 13.4. The lowest BCUT2D eigenvalue weighted by molar-refractivity contribution is -0.115. The zero-order valence-corrected chi connectivity index (χ0v) is 23.9. The number of fused-ring (bicyclic) bond motifs is 1. The van der Waals surface area contributed by atoms with E-state index < -0.39 is 17.1 Å². The van der Waals surface area contributed by atoms with Gasteiger partial charge in [-0.05, 0) is 68.0 Å². The molecule has 1 aliphatic heterocycles. The maximum absolute atomic E-state index is 13.4. The summed E-state index contributed by atoms with van der Waals surface area (Å²) in [6.07, 6.45) is 1.64. The van der Waals surface area contributed by atoms with Crippen LogP contribution in [0.1, 0.15) is 28.4 Å². The molecule has 3 amide bonds. The minimum absolute atomic E-state index is 0.0993. The van der Waals surface area contributed by atoms with E-state index in [1.807, 2.05) is 43.3 Å². The summed E-state index contributed by atoms with van der Waals surface area (Å²) in [6.45, 7) is 3.94. The molecule has 212 valence electrons. The molecule has 0 saturated carbocycles. The van der Waals surface area contributed by atoms with Gasteiger partial charge < -0.3 is 25.4 Å². The second-order valence-corrected chi connectivity index (χ2v) is 11.0. The maximum Gasteiger partial charge on any atom is 0.272 e. The molecule has 5 rings (SSSR count). The lowest BCUT2D eigenvalue weighted by atomic mass is 10.1. The molecule has 0 saturated heterocycles. The lowest BCUT2D eigenvalue weighted by Gasteiger charge is -2.14. The van der Waals surface area contributed by atoms with E-state index in [1.54, 1.807) is 73.7 Å². The molecular formula is C33H29N3O5S. The normalized spacial score (nSPS) is 12.8. The Hall–Kier alpha value is -5.02. The Kier molecular flexibility index (Phi) is 8.89. The van der Waals surface area contributed by atoms with Crippen molar-refractivity contribution >= 4 is 46.9 Å². The molecule has 8 nitrogen and oxygen atoms in total. The third-order valence-corrected chi connectivity index (χ3v) is 7.42. The summed E-state index contributed by atoms with van der Waals surface area (Å²) in [5, 5.41) is 8.10. The van der Waals surface area contributed by atoms with Gasteiger partial charge in [0, 0.05) is 27.9 Å². The van der Waals surface area contributed by atoms with Crippen LogP contribution in [0.5, 0.6) is 11.5 Å². The van der Waals surface area contributed by atoms with Gasteiger partial charge in [-0.3, -0.25) is 14.4 Å². The molecule has 0 radical (unpaired) electrons. The van der Waals surface area contributed by atoms with E-state index in [0.717, 1.165) is 16.0 Å². The van der Waals surface area contributed by atoms with Crippen LogP contribution in [0.25, 0.3) is 6.08 Å². The summed E-state index contributed by atoms with van der Waals surface area (Å²) in [4.78, 5) is 39.9. The first kappa shape index (κ1) is 28.5. The fourth-order valence-corrected chi connectivity index (χ4v) is 5.02. The highest BCUT2D eigenvalue weighted by Crippen LogP contribution is 2.34. The van der Waals surface area contributed by atoms with Crippen LogP contribution in [-0.4, -0.2) is 29.8 Å². The SMILES string of the molecule is Cc1ccc(/C=C(\NC(=O)c2ccccc2)C(=O)Nc2cccc(SC(C)C(=O)Nc3ccc4c(c3)OCO4)c2)cc1. The van der Waals surface area contributed by atoms with Crippen molar-refractivity contribution in [2.75, 3.05) is 17.4 Å². The van der Waals surface area contributed by atoms with Gasteiger partial charge in [0.15, 0.2) is 11.5 Å². The average molecular weight is 580 g/mol. The van der Waals surface area contributed by atoms with Crippen molar-refractivity contribution in [2.24, 2.45) is 0 Å². The highest BCUT2D eigenvalue weighted by atomic mass is 32.2. The fraction of sp³-hybridized carbons (Fsp3) is 0.121. The first-order valence-electron chi connectivity index (χ1n) is 13.3. The number of ether oxygens (including phenoxy) is 2. The summed E-state index contributed by atoms with van der Waals surface area (Å²) in [7, 11) is 0. The molecule has 1 heterocycles. The predicted octanol–water partition coefficient (Wildman–Crippen LogP) is 6.25. The van der Waals surface area contributed by atoms with E-state index in [-0.39, 0.29) is 18.4 Å². The van der Waals surface area contributed by atoms with E-state index in [9.17, 15) is 14.4 Å². The largest absolute Gasteiger partial charge is 0.454 e.